The largest absolute Gasteiger partial charge is 0.481 e. The van der Waals surface area contributed by atoms with Gasteiger partial charge in [0, 0.05) is 18.7 Å². The normalized spacial score (nSPS) is 16.1. The lowest BCUT2D eigenvalue weighted by Gasteiger charge is -2.18. The van der Waals surface area contributed by atoms with Gasteiger partial charge in [-0.1, -0.05) is 37.3 Å². The molecule has 7 heteroatoms. The topological polar surface area (TPSA) is 112 Å². The summed E-state index contributed by atoms with van der Waals surface area (Å²) < 4.78 is 12.2. The van der Waals surface area contributed by atoms with Crippen LogP contribution in [0.4, 0.5) is 0 Å². The van der Waals surface area contributed by atoms with E-state index in [1.54, 1.807) is 0 Å². The molecule has 3 atom stereocenters. The Morgan fingerprint density at radius 1 is 1.12 bits per heavy atom. The van der Waals surface area contributed by atoms with Gasteiger partial charge in [-0.15, -0.1) is 0 Å². The Kier molecular flexibility index (Phi) is 8.16. The Morgan fingerprint density at radius 3 is 2.29 bits per heavy atom. The van der Waals surface area contributed by atoms with E-state index < -0.39 is 25.2 Å². The van der Waals surface area contributed by atoms with Gasteiger partial charge in [0.15, 0.2) is 0 Å². The first kappa shape index (κ1) is 20.4. The third-order valence-electron chi connectivity index (χ3n) is 4.07. The molecule has 1 rings (SSSR count). The second-order valence-corrected chi connectivity index (χ2v) is 8.68. The van der Waals surface area contributed by atoms with Crippen LogP contribution >= 0.6 is 7.37 Å². The lowest BCUT2D eigenvalue weighted by atomic mass is 9.97. The van der Waals surface area contributed by atoms with E-state index in [9.17, 15) is 19.0 Å². The van der Waals surface area contributed by atoms with Crippen LogP contribution in [0.25, 0.3) is 0 Å². The number of carboxylic acid groups (broad SMARTS) is 2. The Hall–Kier alpha value is -1.65. The van der Waals surface area contributed by atoms with E-state index in [4.69, 9.17) is 10.2 Å². The van der Waals surface area contributed by atoms with Crippen LogP contribution in [-0.4, -0.2) is 39.4 Å². The van der Waals surface area contributed by atoms with Crippen LogP contribution < -0.4 is 0 Å². The van der Waals surface area contributed by atoms with Gasteiger partial charge in [0.1, 0.15) is 0 Å². The average molecular weight is 356 g/mol. The third kappa shape index (κ3) is 7.75. The molecular weight excluding hydrogens is 331 g/mol. The molecule has 0 aliphatic rings. The van der Waals surface area contributed by atoms with E-state index in [2.05, 4.69) is 0 Å². The van der Waals surface area contributed by atoms with Crippen molar-refractivity contribution in [2.45, 2.75) is 38.5 Å². The van der Waals surface area contributed by atoms with Crippen molar-refractivity contribution in [1.29, 1.82) is 0 Å². The zero-order valence-electron chi connectivity index (χ0n) is 13.8. The van der Waals surface area contributed by atoms with Crippen LogP contribution in [0.5, 0.6) is 0 Å². The molecule has 134 valence electrons. The molecule has 6 nitrogen and oxygen atoms in total. The van der Waals surface area contributed by atoms with Crippen molar-refractivity contribution in [3.05, 3.63) is 35.9 Å². The second kappa shape index (κ2) is 9.60. The third-order valence-corrected chi connectivity index (χ3v) is 6.10. The summed E-state index contributed by atoms with van der Waals surface area (Å²) in [6.07, 6.45) is 0.504. The maximum absolute atomic E-state index is 12.2. The van der Waals surface area contributed by atoms with Crippen molar-refractivity contribution in [2.75, 3.05) is 12.3 Å². The van der Waals surface area contributed by atoms with Gasteiger partial charge in [0.05, 0.1) is 5.92 Å². The molecule has 1 aromatic rings. The quantitative estimate of drug-likeness (QED) is 0.524. The number of hydrogen-bond acceptors (Lipinski definition) is 3. The SMILES string of the molecule is CC(CCCP(=O)(O)CC(CCC(=O)O)C(=O)O)c1ccccc1. The highest BCUT2D eigenvalue weighted by Crippen LogP contribution is 2.44. The number of carbonyl (C=O) groups is 2. The number of benzene rings is 1. The van der Waals surface area contributed by atoms with Crippen LogP contribution in [-0.2, 0) is 14.2 Å². The summed E-state index contributed by atoms with van der Waals surface area (Å²) in [6, 6.07) is 9.85. The van der Waals surface area contributed by atoms with E-state index in [1.807, 2.05) is 37.3 Å². The molecule has 0 amide bonds. The molecule has 3 unspecified atom stereocenters. The fourth-order valence-electron chi connectivity index (χ4n) is 2.62. The number of rotatable bonds is 11. The first-order valence-electron chi connectivity index (χ1n) is 8.01. The van der Waals surface area contributed by atoms with Gasteiger partial charge in [-0.2, -0.15) is 0 Å². The molecule has 0 saturated heterocycles. The lowest BCUT2D eigenvalue weighted by Crippen LogP contribution is -2.20. The standard InChI is InChI=1S/C17H25O6P/c1-13(14-7-3-2-4-8-14)6-5-11-24(22,23)12-15(17(20)21)9-10-16(18)19/h2-4,7-8,13,15H,5-6,9-12H2,1H3,(H,18,19)(H,20,21)(H,22,23). The molecule has 0 fully saturated rings. The minimum absolute atomic E-state index is 0.0566. The Bertz CT molecular complexity index is 586. The zero-order chi connectivity index (χ0) is 18.2. The summed E-state index contributed by atoms with van der Waals surface area (Å²) in [5.74, 6) is -3.16. The Labute approximate surface area is 142 Å². The minimum Gasteiger partial charge on any atom is -0.481 e. The summed E-state index contributed by atoms with van der Waals surface area (Å²) in [6.45, 7) is 2.05. The van der Waals surface area contributed by atoms with Gasteiger partial charge in [-0.3, -0.25) is 14.2 Å². The Morgan fingerprint density at radius 2 is 1.75 bits per heavy atom. The summed E-state index contributed by atoms with van der Waals surface area (Å²) in [5.41, 5.74) is 1.16. The predicted octanol–water partition coefficient (Wildman–Crippen LogP) is 3.41. The van der Waals surface area contributed by atoms with Crippen molar-refractivity contribution in [3.8, 4) is 0 Å². The molecule has 0 spiro atoms. The monoisotopic (exact) mass is 356 g/mol. The maximum Gasteiger partial charge on any atom is 0.307 e. The molecule has 0 saturated carbocycles. The van der Waals surface area contributed by atoms with Gasteiger partial charge in [-0.05, 0) is 30.7 Å². The van der Waals surface area contributed by atoms with Crippen LogP contribution in [0.3, 0.4) is 0 Å². The fourth-order valence-corrected chi connectivity index (χ4v) is 4.51. The smallest absolute Gasteiger partial charge is 0.307 e. The van der Waals surface area contributed by atoms with Crippen LogP contribution in [0, 0.1) is 5.92 Å². The molecule has 0 aromatic heterocycles. The van der Waals surface area contributed by atoms with Gasteiger partial charge in [-0.25, -0.2) is 0 Å². The van der Waals surface area contributed by atoms with Crippen LogP contribution in [0.1, 0.15) is 44.1 Å². The van der Waals surface area contributed by atoms with Gasteiger partial charge < -0.3 is 15.1 Å². The van der Waals surface area contributed by atoms with E-state index in [0.717, 1.165) is 12.0 Å². The van der Waals surface area contributed by atoms with Crippen molar-refractivity contribution in [3.63, 3.8) is 0 Å². The van der Waals surface area contributed by atoms with Crippen LogP contribution in [0.15, 0.2) is 30.3 Å². The zero-order valence-corrected chi connectivity index (χ0v) is 14.7. The minimum atomic E-state index is -3.58. The van der Waals surface area contributed by atoms with Crippen LogP contribution in [0.2, 0.25) is 0 Å². The highest BCUT2D eigenvalue weighted by Gasteiger charge is 2.29. The summed E-state index contributed by atoms with van der Waals surface area (Å²) in [7, 11) is -3.58. The molecule has 24 heavy (non-hydrogen) atoms. The number of carboxylic acids is 2. The van der Waals surface area contributed by atoms with E-state index in [0.29, 0.717) is 6.42 Å². The Balaban J connectivity index is 2.48. The molecule has 1 aromatic carbocycles. The molecule has 0 radical (unpaired) electrons. The fraction of sp³-hybridized carbons (Fsp3) is 0.529. The van der Waals surface area contributed by atoms with Crippen molar-refractivity contribution < 1.29 is 29.3 Å². The van der Waals surface area contributed by atoms with Gasteiger partial charge in [0.2, 0.25) is 7.37 Å². The summed E-state index contributed by atoms with van der Waals surface area (Å²) in [4.78, 5) is 31.7. The van der Waals surface area contributed by atoms with E-state index in [-0.39, 0.29) is 31.1 Å². The number of aliphatic carboxylic acids is 2. The molecule has 3 N–H and O–H groups in total. The van der Waals surface area contributed by atoms with E-state index in [1.165, 1.54) is 0 Å². The first-order valence-corrected chi connectivity index (χ1v) is 10.0. The lowest BCUT2D eigenvalue weighted by molar-refractivity contribution is -0.142. The molecule has 0 heterocycles. The maximum atomic E-state index is 12.2. The summed E-state index contributed by atoms with van der Waals surface area (Å²) in [5, 5.41) is 17.7. The van der Waals surface area contributed by atoms with Gasteiger partial charge >= 0.3 is 11.9 Å². The van der Waals surface area contributed by atoms with E-state index >= 15 is 0 Å². The molecule has 0 aliphatic heterocycles. The highest BCUT2D eigenvalue weighted by atomic mass is 31.2. The predicted molar refractivity (Wildman–Crippen MR) is 91.6 cm³/mol. The molecule has 0 bridgehead atoms. The second-order valence-electron chi connectivity index (χ2n) is 6.17. The average Bonchev–Trinajstić information content (AvgIpc) is 2.51. The van der Waals surface area contributed by atoms with Crippen molar-refractivity contribution >= 4 is 19.3 Å². The first-order chi connectivity index (χ1) is 11.2. The summed E-state index contributed by atoms with van der Waals surface area (Å²) >= 11 is 0. The number of hydrogen-bond donors (Lipinski definition) is 3. The van der Waals surface area contributed by atoms with Gasteiger partial charge in [0.25, 0.3) is 0 Å². The highest BCUT2D eigenvalue weighted by molar-refractivity contribution is 7.58. The molecular formula is C17H25O6P. The van der Waals surface area contributed by atoms with Crippen molar-refractivity contribution in [2.24, 2.45) is 5.92 Å². The molecule has 0 aliphatic carbocycles. The van der Waals surface area contributed by atoms with Crippen molar-refractivity contribution in [1.82, 2.24) is 0 Å².